The van der Waals surface area contributed by atoms with Crippen LogP contribution in [0.3, 0.4) is 0 Å². The number of aryl methyl sites for hydroxylation is 1. The van der Waals surface area contributed by atoms with Gasteiger partial charge in [-0.25, -0.2) is 0 Å². The van der Waals surface area contributed by atoms with E-state index in [1.807, 2.05) is 37.5 Å². The molecule has 1 aromatic heterocycles. The maximum atomic E-state index is 12.3. The summed E-state index contributed by atoms with van der Waals surface area (Å²) in [5.41, 5.74) is 6.99. The fourth-order valence-corrected chi connectivity index (χ4v) is 2.30. The first kappa shape index (κ1) is 15.7. The molecule has 3 N–H and O–H groups in total. The molecule has 0 aliphatic heterocycles. The molecule has 0 radical (unpaired) electrons. The molecule has 0 saturated carbocycles. The van der Waals surface area contributed by atoms with E-state index in [1.165, 1.54) is 0 Å². The number of amides is 1. The Labute approximate surface area is 132 Å². The molecule has 5 nitrogen and oxygen atoms in total. The van der Waals surface area contributed by atoms with Crippen molar-refractivity contribution in [2.75, 3.05) is 6.54 Å². The minimum atomic E-state index is -1.05. The third kappa shape index (κ3) is 3.92. The van der Waals surface area contributed by atoms with Gasteiger partial charge in [-0.15, -0.1) is 0 Å². The Kier molecular flexibility index (Phi) is 4.80. The quantitative estimate of drug-likeness (QED) is 0.862. The van der Waals surface area contributed by atoms with E-state index in [0.29, 0.717) is 6.54 Å². The van der Waals surface area contributed by atoms with Gasteiger partial charge in [0.1, 0.15) is 5.54 Å². The highest BCUT2D eigenvalue weighted by Crippen LogP contribution is 2.20. The van der Waals surface area contributed by atoms with Crippen LogP contribution in [-0.4, -0.2) is 22.2 Å². The maximum Gasteiger partial charge on any atom is 0.244 e. The summed E-state index contributed by atoms with van der Waals surface area (Å²) in [6.07, 6.45) is 4.46. The Morgan fingerprint density at radius 2 is 2.10 bits per heavy atom. The predicted octanol–water partition coefficient (Wildman–Crippen LogP) is 1.72. The highest BCUT2D eigenvalue weighted by atomic mass is 79.9. The van der Waals surface area contributed by atoms with Crippen LogP contribution in [0.25, 0.3) is 0 Å². The number of aromatic nitrogens is 2. The van der Waals surface area contributed by atoms with Gasteiger partial charge in [-0.3, -0.25) is 9.48 Å². The number of hydrogen-bond donors (Lipinski definition) is 2. The van der Waals surface area contributed by atoms with Crippen LogP contribution >= 0.6 is 15.9 Å². The first-order valence-corrected chi connectivity index (χ1v) is 7.49. The van der Waals surface area contributed by atoms with Crippen LogP contribution in [0.15, 0.2) is 41.1 Å². The lowest BCUT2D eigenvalue weighted by Crippen LogP contribution is -2.49. The standard InChI is InChI=1S/C15H19BrN4O/c1-15(17,12-3-5-13(16)6-4-12)14(21)18-8-7-11-9-19-20(2)10-11/h3-6,9-10H,7-8,17H2,1-2H3,(H,18,21). The Morgan fingerprint density at radius 3 is 2.67 bits per heavy atom. The molecule has 6 heteroatoms. The largest absolute Gasteiger partial charge is 0.354 e. The molecule has 0 spiro atoms. The number of rotatable bonds is 5. The molecule has 0 aliphatic rings. The Morgan fingerprint density at radius 1 is 1.43 bits per heavy atom. The van der Waals surface area contributed by atoms with Crippen molar-refractivity contribution in [3.05, 3.63) is 52.3 Å². The second-order valence-corrected chi connectivity index (χ2v) is 6.15. The van der Waals surface area contributed by atoms with Crippen molar-refractivity contribution in [1.29, 1.82) is 0 Å². The maximum absolute atomic E-state index is 12.3. The van der Waals surface area contributed by atoms with Gasteiger partial charge in [0.05, 0.1) is 6.20 Å². The van der Waals surface area contributed by atoms with Gasteiger partial charge in [-0.05, 0) is 36.6 Å². The van der Waals surface area contributed by atoms with E-state index in [-0.39, 0.29) is 5.91 Å². The molecule has 2 rings (SSSR count). The normalized spacial score (nSPS) is 13.7. The van der Waals surface area contributed by atoms with E-state index in [9.17, 15) is 4.79 Å². The Balaban J connectivity index is 1.93. The summed E-state index contributed by atoms with van der Waals surface area (Å²) in [4.78, 5) is 12.3. The molecule has 112 valence electrons. The number of carbonyl (C=O) groups is 1. The predicted molar refractivity (Wildman–Crippen MR) is 85.6 cm³/mol. The van der Waals surface area contributed by atoms with Crippen molar-refractivity contribution < 1.29 is 4.79 Å². The fraction of sp³-hybridized carbons (Fsp3) is 0.333. The summed E-state index contributed by atoms with van der Waals surface area (Å²) >= 11 is 3.37. The SMILES string of the molecule is Cn1cc(CCNC(=O)C(C)(N)c2ccc(Br)cc2)cn1. The van der Waals surface area contributed by atoms with Gasteiger partial charge in [0.15, 0.2) is 0 Å². The molecule has 0 bridgehead atoms. The Hall–Kier alpha value is -1.66. The summed E-state index contributed by atoms with van der Waals surface area (Å²) in [5.74, 6) is -0.186. The zero-order valence-electron chi connectivity index (χ0n) is 12.1. The van der Waals surface area contributed by atoms with Crippen molar-refractivity contribution in [1.82, 2.24) is 15.1 Å². The van der Waals surface area contributed by atoms with Crippen molar-refractivity contribution in [2.24, 2.45) is 12.8 Å². The van der Waals surface area contributed by atoms with Gasteiger partial charge in [0, 0.05) is 24.3 Å². The van der Waals surface area contributed by atoms with E-state index < -0.39 is 5.54 Å². The molecule has 1 amide bonds. The summed E-state index contributed by atoms with van der Waals surface area (Å²) in [6.45, 7) is 2.25. The molecule has 0 aliphatic carbocycles. The summed E-state index contributed by atoms with van der Waals surface area (Å²) < 4.78 is 2.70. The number of nitrogens with one attached hydrogen (secondary N) is 1. The highest BCUT2D eigenvalue weighted by Gasteiger charge is 2.30. The molecule has 1 aromatic carbocycles. The average molecular weight is 351 g/mol. The lowest BCUT2D eigenvalue weighted by molar-refractivity contribution is -0.126. The third-order valence-electron chi connectivity index (χ3n) is 3.37. The summed E-state index contributed by atoms with van der Waals surface area (Å²) in [7, 11) is 1.87. The number of benzene rings is 1. The van der Waals surface area contributed by atoms with Crippen LogP contribution in [0.5, 0.6) is 0 Å². The number of halogens is 1. The first-order valence-electron chi connectivity index (χ1n) is 6.70. The monoisotopic (exact) mass is 350 g/mol. The number of hydrogen-bond acceptors (Lipinski definition) is 3. The van der Waals surface area contributed by atoms with Crippen molar-refractivity contribution >= 4 is 21.8 Å². The highest BCUT2D eigenvalue weighted by molar-refractivity contribution is 9.10. The van der Waals surface area contributed by atoms with Crippen molar-refractivity contribution in [3.63, 3.8) is 0 Å². The number of nitrogens with zero attached hydrogens (tertiary/aromatic N) is 2. The summed E-state index contributed by atoms with van der Waals surface area (Å²) in [6, 6.07) is 7.46. The second-order valence-electron chi connectivity index (χ2n) is 5.24. The van der Waals surface area contributed by atoms with E-state index in [1.54, 1.807) is 17.8 Å². The molecule has 0 saturated heterocycles. The number of nitrogens with two attached hydrogens (primary N) is 1. The molecular weight excluding hydrogens is 332 g/mol. The van der Waals surface area contributed by atoms with Crippen LogP contribution in [0.4, 0.5) is 0 Å². The Bertz CT molecular complexity index is 619. The first-order chi connectivity index (χ1) is 9.89. The molecular formula is C15H19BrN4O. The topological polar surface area (TPSA) is 72.9 Å². The van der Waals surface area contributed by atoms with E-state index in [0.717, 1.165) is 22.0 Å². The molecule has 21 heavy (non-hydrogen) atoms. The van der Waals surface area contributed by atoms with Gasteiger partial charge in [-0.2, -0.15) is 5.10 Å². The summed E-state index contributed by atoms with van der Waals surface area (Å²) in [5, 5.41) is 6.97. The molecule has 1 heterocycles. The van der Waals surface area contributed by atoms with E-state index in [4.69, 9.17) is 5.73 Å². The van der Waals surface area contributed by atoms with Gasteiger partial charge >= 0.3 is 0 Å². The third-order valence-corrected chi connectivity index (χ3v) is 3.90. The van der Waals surface area contributed by atoms with Gasteiger partial charge in [-0.1, -0.05) is 28.1 Å². The minimum Gasteiger partial charge on any atom is -0.354 e. The van der Waals surface area contributed by atoms with Gasteiger partial charge in [0.25, 0.3) is 0 Å². The fourth-order valence-electron chi connectivity index (χ4n) is 2.03. The second kappa shape index (κ2) is 6.41. The van der Waals surface area contributed by atoms with Crippen LogP contribution in [0.1, 0.15) is 18.1 Å². The molecule has 0 fully saturated rings. The zero-order chi connectivity index (χ0) is 15.5. The van der Waals surface area contributed by atoms with Crippen LogP contribution in [0, 0.1) is 0 Å². The number of carbonyl (C=O) groups excluding carboxylic acids is 1. The van der Waals surface area contributed by atoms with Crippen LogP contribution < -0.4 is 11.1 Å². The lowest BCUT2D eigenvalue weighted by atomic mass is 9.92. The minimum absolute atomic E-state index is 0.186. The average Bonchev–Trinajstić information content (AvgIpc) is 2.85. The van der Waals surface area contributed by atoms with Crippen molar-refractivity contribution in [2.45, 2.75) is 18.9 Å². The van der Waals surface area contributed by atoms with Crippen LogP contribution in [-0.2, 0) is 23.8 Å². The zero-order valence-corrected chi connectivity index (χ0v) is 13.7. The van der Waals surface area contributed by atoms with E-state index >= 15 is 0 Å². The molecule has 1 unspecified atom stereocenters. The smallest absolute Gasteiger partial charge is 0.244 e. The molecule has 2 aromatic rings. The van der Waals surface area contributed by atoms with E-state index in [2.05, 4.69) is 26.3 Å². The molecule has 1 atom stereocenters. The van der Waals surface area contributed by atoms with Gasteiger partial charge < -0.3 is 11.1 Å². The van der Waals surface area contributed by atoms with Crippen molar-refractivity contribution in [3.8, 4) is 0 Å². The van der Waals surface area contributed by atoms with Gasteiger partial charge in [0.2, 0.25) is 5.91 Å². The van der Waals surface area contributed by atoms with Crippen LogP contribution in [0.2, 0.25) is 0 Å². The lowest BCUT2D eigenvalue weighted by Gasteiger charge is -2.24.